The zero-order valence-electron chi connectivity index (χ0n) is 9.09. The Labute approximate surface area is 122 Å². The Kier molecular flexibility index (Phi) is 5.19. The summed E-state index contributed by atoms with van der Waals surface area (Å²) in [6.45, 7) is 0. The van der Waals surface area contributed by atoms with Gasteiger partial charge >= 0.3 is 6.36 Å². The van der Waals surface area contributed by atoms with Gasteiger partial charge in [-0.05, 0) is 6.07 Å². The summed E-state index contributed by atoms with van der Waals surface area (Å²) in [5.74, 6) is -1.17. The molecule has 0 aliphatic carbocycles. The second kappa shape index (κ2) is 5.98. The number of halogens is 7. The van der Waals surface area contributed by atoms with Crippen LogP contribution < -0.4 is 4.74 Å². The summed E-state index contributed by atoms with van der Waals surface area (Å²) in [6.07, 6.45) is -8.45. The van der Waals surface area contributed by atoms with Crippen molar-refractivity contribution in [3.63, 3.8) is 0 Å². The molecule has 0 aromatic carbocycles. The molecule has 1 aromatic rings. The zero-order valence-corrected chi connectivity index (χ0v) is 12.2. The van der Waals surface area contributed by atoms with Gasteiger partial charge in [-0.2, -0.15) is 4.98 Å². The average molecular weight is 405 g/mol. The molecule has 0 amide bonds. The van der Waals surface area contributed by atoms with E-state index in [-0.39, 0.29) is 5.33 Å². The van der Waals surface area contributed by atoms with Gasteiger partial charge in [-0.3, -0.25) is 0 Å². The standard InChI is InChI=1S/C8H4BrClF5NO3S/c9-2-3-1-4(5(11)12)7(20(10,17)18)16-6(3)19-8(13,14)15/h1,5H,2H2. The van der Waals surface area contributed by atoms with Gasteiger partial charge in [-0.15, -0.1) is 13.2 Å². The first-order valence-corrected chi connectivity index (χ1v) is 7.97. The van der Waals surface area contributed by atoms with Crippen molar-refractivity contribution in [1.29, 1.82) is 0 Å². The molecule has 1 aromatic heterocycles. The smallest absolute Gasteiger partial charge is 0.388 e. The summed E-state index contributed by atoms with van der Waals surface area (Å²) in [6, 6.07) is 0.531. The third-order valence-electron chi connectivity index (χ3n) is 1.88. The van der Waals surface area contributed by atoms with Crippen molar-refractivity contribution in [2.24, 2.45) is 0 Å². The Morgan fingerprint density at radius 1 is 1.40 bits per heavy atom. The number of ether oxygens (including phenoxy) is 1. The van der Waals surface area contributed by atoms with E-state index in [2.05, 4.69) is 25.7 Å². The van der Waals surface area contributed by atoms with Crippen molar-refractivity contribution in [3.8, 4) is 5.88 Å². The minimum absolute atomic E-state index is 0.312. The number of hydrogen-bond acceptors (Lipinski definition) is 4. The molecular formula is C8H4BrClF5NO3S. The summed E-state index contributed by atoms with van der Waals surface area (Å²) in [5.41, 5.74) is -1.51. The maximum Gasteiger partial charge on any atom is 0.574 e. The third kappa shape index (κ3) is 4.42. The van der Waals surface area contributed by atoms with Crippen LogP contribution in [0, 0.1) is 0 Å². The van der Waals surface area contributed by atoms with Crippen LogP contribution in [0.15, 0.2) is 11.1 Å². The van der Waals surface area contributed by atoms with Gasteiger partial charge in [0.1, 0.15) is 0 Å². The second-order valence-corrected chi connectivity index (χ2v) is 6.31. The van der Waals surface area contributed by atoms with E-state index in [9.17, 15) is 30.4 Å². The van der Waals surface area contributed by atoms with Crippen LogP contribution in [0.4, 0.5) is 22.0 Å². The van der Waals surface area contributed by atoms with E-state index < -0.39 is 43.9 Å². The van der Waals surface area contributed by atoms with Crippen molar-refractivity contribution in [2.45, 2.75) is 23.1 Å². The lowest BCUT2D eigenvalue weighted by molar-refractivity contribution is -0.276. The molecule has 0 aliphatic rings. The maximum absolute atomic E-state index is 12.7. The fraction of sp³-hybridized carbons (Fsp3) is 0.375. The van der Waals surface area contributed by atoms with Gasteiger partial charge in [0.05, 0.1) is 5.56 Å². The molecule has 1 heterocycles. The fourth-order valence-corrected chi connectivity index (χ4v) is 2.58. The summed E-state index contributed by atoms with van der Waals surface area (Å²) in [4.78, 5) is 2.95. The van der Waals surface area contributed by atoms with Crippen LogP contribution in [0.3, 0.4) is 0 Å². The first-order valence-electron chi connectivity index (χ1n) is 4.54. The van der Waals surface area contributed by atoms with Gasteiger partial charge in [0.2, 0.25) is 5.88 Å². The third-order valence-corrected chi connectivity index (χ3v) is 3.71. The van der Waals surface area contributed by atoms with Gasteiger partial charge in [0.25, 0.3) is 15.5 Å². The molecule has 0 aliphatic heterocycles. The van der Waals surface area contributed by atoms with E-state index in [0.717, 1.165) is 0 Å². The highest BCUT2D eigenvalue weighted by atomic mass is 79.9. The topological polar surface area (TPSA) is 56.3 Å². The monoisotopic (exact) mass is 403 g/mol. The van der Waals surface area contributed by atoms with Crippen LogP contribution in [0.2, 0.25) is 0 Å². The molecule has 0 atom stereocenters. The molecule has 0 spiro atoms. The Bertz CT molecular complexity index is 607. The van der Waals surface area contributed by atoms with Gasteiger partial charge in [0, 0.05) is 21.6 Å². The van der Waals surface area contributed by atoms with E-state index in [1.807, 2.05) is 0 Å². The first kappa shape index (κ1) is 17.4. The average Bonchev–Trinajstić information content (AvgIpc) is 2.24. The lowest BCUT2D eigenvalue weighted by Crippen LogP contribution is -2.20. The Balaban J connectivity index is 3.55. The van der Waals surface area contributed by atoms with Crippen LogP contribution in [0.5, 0.6) is 5.88 Å². The molecule has 1 rings (SSSR count). The Hall–Kier alpha value is -0.680. The van der Waals surface area contributed by atoms with Crippen molar-refractivity contribution >= 4 is 35.7 Å². The highest BCUT2D eigenvalue weighted by Crippen LogP contribution is 2.34. The lowest BCUT2D eigenvalue weighted by atomic mass is 10.2. The van der Waals surface area contributed by atoms with Crippen LogP contribution in [0.1, 0.15) is 17.6 Å². The van der Waals surface area contributed by atoms with Crippen molar-refractivity contribution in [3.05, 3.63) is 17.2 Å². The number of rotatable bonds is 4. The molecule has 0 saturated heterocycles. The number of nitrogens with zero attached hydrogens (tertiary/aromatic N) is 1. The summed E-state index contributed by atoms with van der Waals surface area (Å²) in [7, 11) is 0.111. The second-order valence-electron chi connectivity index (χ2n) is 3.27. The molecule has 0 N–H and O–H groups in total. The Morgan fingerprint density at radius 3 is 2.30 bits per heavy atom. The summed E-state index contributed by atoms with van der Waals surface area (Å²) >= 11 is 2.76. The predicted molar refractivity (Wildman–Crippen MR) is 61.5 cm³/mol. The van der Waals surface area contributed by atoms with E-state index >= 15 is 0 Å². The molecule has 12 heteroatoms. The molecular weight excluding hydrogens is 401 g/mol. The van der Waals surface area contributed by atoms with E-state index in [0.29, 0.717) is 6.07 Å². The first-order chi connectivity index (χ1) is 8.95. The highest BCUT2D eigenvalue weighted by molar-refractivity contribution is 9.08. The highest BCUT2D eigenvalue weighted by Gasteiger charge is 2.35. The van der Waals surface area contributed by atoms with Gasteiger partial charge in [-0.1, -0.05) is 15.9 Å². The molecule has 0 bridgehead atoms. The minimum atomic E-state index is -5.16. The van der Waals surface area contributed by atoms with Crippen LogP contribution in [-0.4, -0.2) is 19.8 Å². The normalized spacial score (nSPS) is 12.8. The molecule has 114 valence electrons. The zero-order chi connectivity index (χ0) is 15.7. The lowest BCUT2D eigenvalue weighted by Gasteiger charge is -2.14. The number of pyridine rings is 1. The number of alkyl halides is 6. The molecule has 0 unspecified atom stereocenters. The molecule has 0 fully saturated rings. The van der Waals surface area contributed by atoms with Crippen molar-refractivity contribution < 1.29 is 35.1 Å². The van der Waals surface area contributed by atoms with E-state index in [1.54, 1.807) is 0 Å². The summed E-state index contributed by atoms with van der Waals surface area (Å²) < 4.78 is 87.5. The molecule has 4 nitrogen and oxygen atoms in total. The summed E-state index contributed by atoms with van der Waals surface area (Å²) in [5, 5.41) is -1.69. The fourth-order valence-electron chi connectivity index (χ4n) is 1.19. The van der Waals surface area contributed by atoms with Crippen molar-refractivity contribution in [1.82, 2.24) is 4.98 Å². The van der Waals surface area contributed by atoms with Crippen molar-refractivity contribution in [2.75, 3.05) is 0 Å². The Morgan fingerprint density at radius 2 is 1.95 bits per heavy atom. The largest absolute Gasteiger partial charge is 0.574 e. The van der Waals surface area contributed by atoms with Crippen LogP contribution in [-0.2, 0) is 14.4 Å². The van der Waals surface area contributed by atoms with Gasteiger partial charge in [-0.25, -0.2) is 17.2 Å². The van der Waals surface area contributed by atoms with Gasteiger partial charge < -0.3 is 4.74 Å². The van der Waals surface area contributed by atoms with E-state index in [4.69, 9.17) is 10.7 Å². The van der Waals surface area contributed by atoms with Crippen LogP contribution in [0.25, 0.3) is 0 Å². The molecule has 20 heavy (non-hydrogen) atoms. The number of hydrogen-bond donors (Lipinski definition) is 0. The predicted octanol–water partition coefficient (Wildman–Crippen LogP) is 3.74. The molecule has 0 radical (unpaired) electrons. The molecule has 0 saturated carbocycles. The van der Waals surface area contributed by atoms with Crippen LogP contribution >= 0.6 is 26.6 Å². The minimum Gasteiger partial charge on any atom is -0.388 e. The van der Waals surface area contributed by atoms with Gasteiger partial charge in [0.15, 0.2) is 5.03 Å². The SMILES string of the molecule is O=S(=O)(Cl)c1nc(OC(F)(F)F)c(CBr)cc1C(F)F. The maximum atomic E-state index is 12.7. The van der Waals surface area contributed by atoms with E-state index in [1.165, 1.54) is 0 Å². The quantitative estimate of drug-likeness (QED) is 0.436. The number of aromatic nitrogens is 1.